The lowest BCUT2D eigenvalue weighted by atomic mass is 9.97. The summed E-state index contributed by atoms with van der Waals surface area (Å²) < 4.78 is 5.10. The summed E-state index contributed by atoms with van der Waals surface area (Å²) in [4.78, 5) is 4.34. The molecule has 3 nitrogen and oxygen atoms in total. The number of fused-ring (bicyclic) bond motifs is 1. The summed E-state index contributed by atoms with van der Waals surface area (Å²) in [6.07, 6.45) is 2.89. The van der Waals surface area contributed by atoms with Crippen molar-refractivity contribution >= 4 is 10.9 Å². The van der Waals surface area contributed by atoms with Crippen LogP contribution in [0.3, 0.4) is 0 Å². The molecule has 0 saturated carbocycles. The molecule has 0 spiro atoms. The number of benzene rings is 1. The smallest absolute Gasteiger partial charge is 0.0704 e. The minimum Gasteiger partial charge on any atom is -0.393 e. The predicted molar refractivity (Wildman–Crippen MR) is 77.1 cm³/mol. The van der Waals surface area contributed by atoms with E-state index in [-0.39, 0.29) is 6.10 Å². The number of aromatic nitrogens is 1. The summed E-state index contributed by atoms with van der Waals surface area (Å²) in [6, 6.07) is 10.0. The highest BCUT2D eigenvalue weighted by Gasteiger charge is 2.12. The van der Waals surface area contributed by atoms with Gasteiger partial charge in [-0.2, -0.15) is 0 Å². The van der Waals surface area contributed by atoms with E-state index < -0.39 is 0 Å². The van der Waals surface area contributed by atoms with Gasteiger partial charge in [0.1, 0.15) is 0 Å². The van der Waals surface area contributed by atoms with E-state index in [0.29, 0.717) is 18.9 Å². The zero-order chi connectivity index (χ0) is 13.7. The Morgan fingerprint density at radius 1 is 1.26 bits per heavy atom. The van der Waals surface area contributed by atoms with Crippen molar-refractivity contribution in [3.8, 4) is 0 Å². The first-order valence-corrected chi connectivity index (χ1v) is 6.70. The zero-order valence-electron chi connectivity index (χ0n) is 11.5. The van der Waals surface area contributed by atoms with E-state index in [2.05, 4.69) is 18.0 Å². The Balaban J connectivity index is 2.08. The summed E-state index contributed by atoms with van der Waals surface area (Å²) in [5.41, 5.74) is 2.14. The summed E-state index contributed by atoms with van der Waals surface area (Å²) >= 11 is 0. The maximum absolute atomic E-state index is 10.2. The molecule has 102 valence electrons. The molecule has 1 aromatic heterocycles. The van der Waals surface area contributed by atoms with Gasteiger partial charge in [-0.25, -0.2) is 0 Å². The van der Waals surface area contributed by atoms with Crippen LogP contribution in [0.4, 0.5) is 0 Å². The number of rotatable bonds is 6. The molecule has 3 heteroatoms. The fourth-order valence-corrected chi connectivity index (χ4v) is 2.49. The molecule has 0 aliphatic rings. The van der Waals surface area contributed by atoms with E-state index in [1.165, 1.54) is 0 Å². The van der Waals surface area contributed by atoms with Crippen LogP contribution in [0.25, 0.3) is 10.9 Å². The van der Waals surface area contributed by atoms with Crippen LogP contribution in [0.15, 0.2) is 36.5 Å². The Morgan fingerprint density at radius 2 is 2.05 bits per heavy atom. The van der Waals surface area contributed by atoms with Crippen LogP contribution >= 0.6 is 0 Å². The monoisotopic (exact) mass is 259 g/mol. The summed E-state index contributed by atoms with van der Waals surface area (Å²) in [7, 11) is 1.69. The minimum atomic E-state index is -0.337. The Labute approximate surface area is 114 Å². The van der Waals surface area contributed by atoms with Crippen molar-refractivity contribution in [2.24, 2.45) is 5.92 Å². The summed E-state index contributed by atoms with van der Waals surface area (Å²) in [6.45, 7) is 2.78. The van der Waals surface area contributed by atoms with E-state index in [1.807, 2.05) is 30.5 Å². The van der Waals surface area contributed by atoms with Gasteiger partial charge in [-0.15, -0.1) is 0 Å². The van der Waals surface area contributed by atoms with Crippen molar-refractivity contribution < 1.29 is 9.84 Å². The highest BCUT2D eigenvalue weighted by atomic mass is 16.5. The van der Waals surface area contributed by atoms with Gasteiger partial charge in [0, 0.05) is 25.3 Å². The maximum atomic E-state index is 10.2. The molecule has 2 aromatic rings. The maximum Gasteiger partial charge on any atom is 0.0704 e. The molecule has 1 N–H and O–H groups in total. The lowest BCUT2D eigenvalue weighted by Crippen LogP contribution is -2.17. The fourth-order valence-electron chi connectivity index (χ4n) is 2.49. The Kier molecular flexibility index (Phi) is 4.88. The van der Waals surface area contributed by atoms with Gasteiger partial charge in [-0.05, 0) is 36.5 Å². The number of aliphatic hydroxyl groups excluding tert-OH is 1. The van der Waals surface area contributed by atoms with Gasteiger partial charge >= 0.3 is 0 Å². The third-order valence-corrected chi connectivity index (χ3v) is 3.32. The van der Waals surface area contributed by atoms with Crippen LogP contribution in [0.5, 0.6) is 0 Å². The average molecular weight is 259 g/mol. The molecule has 2 rings (SSSR count). The van der Waals surface area contributed by atoms with Crippen LogP contribution in [-0.2, 0) is 11.2 Å². The highest BCUT2D eigenvalue weighted by molar-refractivity contribution is 5.81. The molecule has 0 saturated heterocycles. The number of hydrogen-bond donors (Lipinski definition) is 1. The molecule has 19 heavy (non-hydrogen) atoms. The molecular weight excluding hydrogens is 238 g/mol. The van der Waals surface area contributed by atoms with Crippen molar-refractivity contribution in [2.75, 3.05) is 13.7 Å². The number of methoxy groups -OCH3 is 1. The lowest BCUT2D eigenvalue weighted by molar-refractivity contribution is 0.102. The van der Waals surface area contributed by atoms with E-state index in [4.69, 9.17) is 4.74 Å². The Morgan fingerprint density at radius 3 is 2.84 bits per heavy atom. The molecule has 0 radical (unpaired) electrons. The van der Waals surface area contributed by atoms with E-state index in [9.17, 15) is 5.11 Å². The second kappa shape index (κ2) is 6.64. The first-order chi connectivity index (χ1) is 9.20. The van der Waals surface area contributed by atoms with Crippen LogP contribution in [0.1, 0.15) is 18.9 Å². The van der Waals surface area contributed by atoms with Gasteiger partial charge in [-0.3, -0.25) is 4.98 Å². The molecule has 0 fully saturated rings. The lowest BCUT2D eigenvalue weighted by Gasteiger charge is -2.16. The second-order valence-electron chi connectivity index (χ2n) is 5.14. The Hall–Kier alpha value is -1.45. The fraction of sp³-hybridized carbons (Fsp3) is 0.438. The van der Waals surface area contributed by atoms with Crippen LogP contribution in [0, 0.1) is 5.92 Å². The van der Waals surface area contributed by atoms with Gasteiger partial charge < -0.3 is 9.84 Å². The molecule has 0 amide bonds. The van der Waals surface area contributed by atoms with Crippen molar-refractivity contribution in [3.63, 3.8) is 0 Å². The second-order valence-corrected chi connectivity index (χ2v) is 5.14. The quantitative estimate of drug-likeness (QED) is 0.867. The number of nitrogens with zero attached hydrogens (tertiary/aromatic N) is 1. The van der Waals surface area contributed by atoms with Gasteiger partial charge in [0.15, 0.2) is 0 Å². The third kappa shape index (κ3) is 3.75. The van der Waals surface area contributed by atoms with Crippen molar-refractivity contribution in [1.29, 1.82) is 0 Å². The molecular formula is C16H21NO2. The standard InChI is InChI=1S/C16H21NO2/c1-12(11-19-2)9-14(18)10-13-7-8-17-16-6-4-3-5-15(13)16/h3-8,12,14,18H,9-11H2,1-2H3. The molecule has 0 aliphatic carbocycles. The van der Waals surface area contributed by atoms with Crippen molar-refractivity contribution in [2.45, 2.75) is 25.9 Å². The summed E-state index contributed by atoms with van der Waals surface area (Å²) in [5.74, 6) is 0.369. The summed E-state index contributed by atoms with van der Waals surface area (Å²) in [5, 5.41) is 11.3. The van der Waals surface area contributed by atoms with Crippen molar-refractivity contribution in [3.05, 3.63) is 42.1 Å². The SMILES string of the molecule is COCC(C)CC(O)Cc1ccnc2ccccc12. The molecule has 0 aliphatic heterocycles. The number of para-hydroxylation sites is 1. The van der Waals surface area contributed by atoms with Crippen LogP contribution in [0.2, 0.25) is 0 Å². The number of pyridine rings is 1. The third-order valence-electron chi connectivity index (χ3n) is 3.32. The first-order valence-electron chi connectivity index (χ1n) is 6.70. The van der Waals surface area contributed by atoms with Gasteiger partial charge in [-0.1, -0.05) is 25.1 Å². The highest BCUT2D eigenvalue weighted by Crippen LogP contribution is 2.19. The normalized spacial score (nSPS) is 14.5. The molecule has 2 unspecified atom stereocenters. The Bertz CT molecular complexity index is 522. The molecule has 1 aromatic carbocycles. The van der Waals surface area contributed by atoms with Gasteiger partial charge in [0.05, 0.1) is 11.6 Å². The predicted octanol–water partition coefficient (Wildman–Crippen LogP) is 2.81. The topological polar surface area (TPSA) is 42.4 Å². The minimum absolute atomic E-state index is 0.337. The zero-order valence-corrected chi connectivity index (χ0v) is 11.5. The van der Waals surface area contributed by atoms with Crippen LogP contribution in [-0.4, -0.2) is 29.9 Å². The number of ether oxygens (including phenoxy) is 1. The van der Waals surface area contributed by atoms with Gasteiger partial charge in [0.2, 0.25) is 0 Å². The van der Waals surface area contributed by atoms with E-state index in [0.717, 1.165) is 22.9 Å². The van der Waals surface area contributed by atoms with E-state index >= 15 is 0 Å². The van der Waals surface area contributed by atoms with Crippen molar-refractivity contribution in [1.82, 2.24) is 4.98 Å². The first kappa shape index (κ1) is 14.0. The largest absolute Gasteiger partial charge is 0.393 e. The number of hydrogen-bond acceptors (Lipinski definition) is 3. The number of aliphatic hydroxyl groups is 1. The van der Waals surface area contributed by atoms with Crippen LogP contribution < -0.4 is 0 Å². The van der Waals surface area contributed by atoms with E-state index in [1.54, 1.807) is 7.11 Å². The average Bonchev–Trinajstić information content (AvgIpc) is 2.39. The molecule has 1 heterocycles. The van der Waals surface area contributed by atoms with Gasteiger partial charge in [0.25, 0.3) is 0 Å². The molecule has 2 atom stereocenters. The molecule has 0 bridgehead atoms.